The first kappa shape index (κ1) is 19.0. The Kier molecular flexibility index (Phi) is 5.38. The summed E-state index contributed by atoms with van der Waals surface area (Å²) in [7, 11) is 3.39. The number of ether oxygens (including phenoxy) is 2. The van der Waals surface area contributed by atoms with Crippen LogP contribution in [0.15, 0.2) is 48.5 Å². The van der Waals surface area contributed by atoms with E-state index in [1.165, 1.54) is 11.1 Å². The number of fused-ring (bicyclic) bond motifs is 2. The molecule has 2 aromatic carbocycles. The zero-order valence-electron chi connectivity index (χ0n) is 16.5. The van der Waals surface area contributed by atoms with E-state index < -0.39 is 0 Å². The van der Waals surface area contributed by atoms with E-state index in [4.69, 9.17) is 9.47 Å². The van der Waals surface area contributed by atoms with E-state index >= 15 is 0 Å². The lowest BCUT2D eigenvalue weighted by atomic mass is 9.72. The van der Waals surface area contributed by atoms with Gasteiger partial charge < -0.3 is 20.1 Å². The van der Waals surface area contributed by atoms with Gasteiger partial charge in [-0.25, -0.2) is 0 Å². The first-order chi connectivity index (χ1) is 13.7. The third-order valence-electron chi connectivity index (χ3n) is 6.29. The Balaban J connectivity index is 1.61. The predicted octanol–water partition coefficient (Wildman–Crippen LogP) is 2.75. The molecule has 0 aromatic heterocycles. The Morgan fingerprint density at radius 2 is 1.82 bits per heavy atom. The number of benzene rings is 2. The van der Waals surface area contributed by atoms with Crippen LogP contribution in [0, 0.1) is 0 Å². The summed E-state index contributed by atoms with van der Waals surface area (Å²) in [6, 6.07) is 16.0. The smallest absolute Gasteiger partial charge is 0.225 e. The molecule has 1 spiro atoms. The summed E-state index contributed by atoms with van der Waals surface area (Å²) in [5.74, 6) is 0.722. The highest BCUT2D eigenvalue weighted by Gasteiger charge is 2.53. The fraction of sp³-hybridized carbons (Fsp3) is 0.435. The van der Waals surface area contributed by atoms with Crippen LogP contribution in [-0.4, -0.2) is 39.3 Å². The fourth-order valence-electron chi connectivity index (χ4n) is 5.05. The van der Waals surface area contributed by atoms with Crippen molar-refractivity contribution in [1.29, 1.82) is 0 Å². The van der Waals surface area contributed by atoms with Gasteiger partial charge in [-0.15, -0.1) is 0 Å². The van der Waals surface area contributed by atoms with Crippen molar-refractivity contribution >= 4 is 5.91 Å². The summed E-state index contributed by atoms with van der Waals surface area (Å²) in [5, 5.41) is 6.72. The van der Waals surface area contributed by atoms with Gasteiger partial charge in [0.2, 0.25) is 5.91 Å². The van der Waals surface area contributed by atoms with Crippen LogP contribution in [0.4, 0.5) is 0 Å². The molecule has 5 nitrogen and oxygen atoms in total. The number of carbonyl (C=O) groups is 1. The molecule has 1 amide bonds. The third-order valence-corrected chi connectivity index (χ3v) is 6.29. The van der Waals surface area contributed by atoms with Gasteiger partial charge in [0.15, 0.2) is 0 Å². The Morgan fingerprint density at radius 1 is 1.11 bits per heavy atom. The molecule has 2 aliphatic rings. The van der Waals surface area contributed by atoms with Gasteiger partial charge in [0.25, 0.3) is 0 Å². The molecule has 0 saturated carbocycles. The highest BCUT2D eigenvalue weighted by molar-refractivity contribution is 5.80. The van der Waals surface area contributed by atoms with Gasteiger partial charge in [-0.2, -0.15) is 0 Å². The largest absolute Gasteiger partial charge is 0.496 e. The molecule has 0 bridgehead atoms. The lowest BCUT2D eigenvalue weighted by Crippen LogP contribution is -2.49. The van der Waals surface area contributed by atoms with Crippen LogP contribution in [0.3, 0.4) is 0 Å². The molecular weight excluding hydrogens is 352 g/mol. The van der Waals surface area contributed by atoms with Crippen molar-refractivity contribution in [3.63, 3.8) is 0 Å². The number of hydrogen-bond acceptors (Lipinski definition) is 4. The normalized spacial score (nSPS) is 22.6. The number of rotatable bonds is 5. The Morgan fingerprint density at radius 3 is 2.57 bits per heavy atom. The van der Waals surface area contributed by atoms with Crippen molar-refractivity contribution in [2.24, 2.45) is 0 Å². The second-order valence-electron chi connectivity index (χ2n) is 7.68. The first-order valence-corrected chi connectivity index (χ1v) is 9.94. The van der Waals surface area contributed by atoms with Crippen LogP contribution in [0.25, 0.3) is 0 Å². The monoisotopic (exact) mass is 380 g/mol. The minimum Gasteiger partial charge on any atom is -0.496 e. The predicted molar refractivity (Wildman–Crippen MR) is 109 cm³/mol. The van der Waals surface area contributed by atoms with E-state index in [9.17, 15) is 4.79 Å². The number of piperidine rings is 1. The average Bonchev–Trinajstić information content (AvgIpc) is 2.97. The highest BCUT2D eigenvalue weighted by Crippen LogP contribution is 2.51. The molecular formula is C23H28N2O3. The van der Waals surface area contributed by atoms with Gasteiger partial charge in [-0.05, 0) is 43.1 Å². The Bertz CT molecular complexity index is 845. The standard InChI is InChI=1S/C23H28N2O3/c1-27-19-10-6-3-7-16(19)15-20(26)25-21-17-8-4-5-9-18(17)23(22(21)28-2)11-13-24-14-12-23/h3-10,21-22,24H,11-15H2,1-2H3,(H,25,26)/t21-,22+/m1/s1. The van der Waals surface area contributed by atoms with Crippen molar-refractivity contribution in [1.82, 2.24) is 10.6 Å². The van der Waals surface area contributed by atoms with E-state index in [2.05, 4.69) is 28.8 Å². The molecule has 2 aromatic rings. The van der Waals surface area contributed by atoms with E-state index in [0.29, 0.717) is 0 Å². The summed E-state index contributed by atoms with van der Waals surface area (Å²) >= 11 is 0. The summed E-state index contributed by atoms with van der Waals surface area (Å²) in [4.78, 5) is 12.9. The molecule has 4 rings (SSSR count). The van der Waals surface area contributed by atoms with Crippen LogP contribution in [0.2, 0.25) is 0 Å². The van der Waals surface area contributed by atoms with Gasteiger partial charge in [-0.3, -0.25) is 4.79 Å². The van der Waals surface area contributed by atoms with E-state index in [0.717, 1.165) is 37.2 Å². The maximum absolute atomic E-state index is 12.9. The topological polar surface area (TPSA) is 59.6 Å². The summed E-state index contributed by atoms with van der Waals surface area (Å²) in [6.45, 7) is 1.94. The van der Waals surface area contributed by atoms with Gasteiger partial charge in [-0.1, -0.05) is 42.5 Å². The zero-order valence-corrected chi connectivity index (χ0v) is 16.5. The maximum Gasteiger partial charge on any atom is 0.225 e. The third kappa shape index (κ3) is 3.19. The average molecular weight is 380 g/mol. The summed E-state index contributed by atoms with van der Waals surface area (Å²) in [5.41, 5.74) is 3.36. The Hall–Kier alpha value is -2.37. The molecule has 1 aliphatic carbocycles. The maximum atomic E-state index is 12.9. The lowest BCUT2D eigenvalue weighted by molar-refractivity contribution is -0.122. The van der Waals surface area contributed by atoms with Crippen molar-refractivity contribution in [2.45, 2.75) is 36.8 Å². The molecule has 0 radical (unpaired) electrons. The van der Waals surface area contributed by atoms with Crippen molar-refractivity contribution in [3.8, 4) is 5.75 Å². The minimum absolute atomic E-state index is 0.0164. The van der Waals surface area contributed by atoms with Gasteiger partial charge >= 0.3 is 0 Å². The summed E-state index contributed by atoms with van der Waals surface area (Å²) in [6.07, 6.45) is 2.25. The Labute approximate surface area is 166 Å². The van der Waals surface area contributed by atoms with Crippen molar-refractivity contribution in [2.75, 3.05) is 27.3 Å². The number of nitrogens with one attached hydrogen (secondary N) is 2. The van der Waals surface area contributed by atoms with E-state index in [1.807, 2.05) is 30.3 Å². The molecule has 148 valence electrons. The quantitative estimate of drug-likeness (QED) is 0.837. The summed E-state index contributed by atoms with van der Waals surface area (Å²) < 4.78 is 11.4. The number of hydrogen-bond donors (Lipinski definition) is 2. The minimum atomic E-state index is -0.137. The molecule has 1 heterocycles. The second-order valence-corrected chi connectivity index (χ2v) is 7.68. The number of methoxy groups -OCH3 is 2. The molecule has 2 atom stereocenters. The van der Waals surface area contributed by atoms with Crippen LogP contribution in [-0.2, 0) is 21.4 Å². The second kappa shape index (κ2) is 7.94. The van der Waals surface area contributed by atoms with Gasteiger partial charge in [0, 0.05) is 18.1 Å². The molecule has 1 aliphatic heterocycles. The molecule has 0 unspecified atom stereocenters. The van der Waals surface area contributed by atoms with Crippen LogP contribution < -0.4 is 15.4 Å². The lowest BCUT2D eigenvalue weighted by Gasteiger charge is -2.40. The SMILES string of the molecule is COc1ccccc1CC(=O)N[C@@H]1c2ccccc2C2(CCNCC2)[C@H]1OC. The van der Waals surface area contributed by atoms with Crippen LogP contribution >= 0.6 is 0 Å². The molecule has 5 heteroatoms. The first-order valence-electron chi connectivity index (χ1n) is 9.94. The van der Waals surface area contributed by atoms with E-state index in [-0.39, 0.29) is 29.9 Å². The number of para-hydroxylation sites is 1. The van der Waals surface area contributed by atoms with Crippen molar-refractivity contribution in [3.05, 3.63) is 65.2 Å². The van der Waals surface area contributed by atoms with Crippen molar-refractivity contribution < 1.29 is 14.3 Å². The molecule has 1 fully saturated rings. The number of amides is 1. The zero-order chi connectivity index (χ0) is 19.6. The highest BCUT2D eigenvalue weighted by atomic mass is 16.5. The number of carbonyl (C=O) groups excluding carboxylic acids is 1. The fourth-order valence-corrected chi connectivity index (χ4v) is 5.05. The van der Waals surface area contributed by atoms with Crippen LogP contribution in [0.1, 0.15) is 35.6 Å². The molecule has 1 saturated heterocycles. The van der Waals surface area contributed by atoms with Crippen LogP contribution in [0.5, 0.6) is 5.75 Å². The van der Waals surface area contributed by atoms with Gasteiger partial charge in [0.05, 0.1) is 25.7 Å². The van der Waals surface area contributed by atoms with E-state index in [1.54, 1.807) is 14.2 Å². The van der Waals surface area contributed by atoms with Gasteiger partial charge in [0.1, 0.15) is 5.75 Å². The molecule has 2 N–H and O–H groups in total. The molecule has 28 heavy (non-hydrogen) atoms.